The van der Waals surface area contributed by atoms with E-state index in [9.17, 15) is 13.9 Å². The Morgan fingerprint density at radius 2 is 1.82 bits per heavy atom. The van der Waals surface area contributed by atoms with Crippen molar-refractivity contribution in [2.24, 2.45) is 0 Å². The van der Waals surface area contributed by atoms with Crippen molar-refractivity contribution in [1.29, 1.82) is 0 Å². The minimum atomic E-state index is -0.745. The summed E-state index contributed by atoms with van der Waals surface area (Å²) in [6.07, 6.45) is -0.745. The number of aliphatic hydroxyl groups excluding tert-OH is 1. The number of aliphatic hydroxyl groups is 1. The molecule has 118 valence electrons. The smallest absolute Gasteiger partial charge is 0.128 e. The first-order chi connectivity index (χ1) is 10.5. The maximum Gasteiger partial charge on any atom is 0.128 e. The molecule has 3 nitrogen and oxygen atoms in total. The number of benzene rings is 2. The summed E-state index contributed by atoms with van der Waals surface area (Å²) in [7, 11) is 1.57. The normalized spacial score (nSPS) is 13.7. The zero-order valence-electron chi connectivity index (χ0n) is 12.5. The van der Waals surface area contributed by atoms with Gasteiger partial charge in [-0.2, -0.15) is 0 Å². The minimum absolute atomic E-state index is 0.226. The molecule has 0 aliphatic heterocycles. The van der Waals surface area contributed by atoms with Gasteiger partial charge in [-0.05, 0) is 42.8 Å². The zero-order chi connectivity index (χ0) is 16.1. The zero-order valence-corrected chi connectivity index (χ0v) is 12.5. The second kappa shape index (κ2) is 7.33. The van der Waals surface area contributed by atoms with Gasteiger partial charge in [0.2, 0.25) is 0 Å². The number of halogens is 2. The summed E-state index contributed by atoms with van der Waals surface area (Å²) in [4.78, 5) is 0. The maximum absolute atomic E-state index is 13.7. The third kappa shape index (κ3) is 4.02. The molecular formula is C17H19F2NO2. The van der Waals surface area contributed by atoms with E-state index >= 15 is 0 Å². The lowest BCUT2D eigenvalue weighted by Gasteiger charge is -2.18. The second-order valence-electron chi connectivity index (χ2n) is 5.08. The Morgan fingerprint density at radius 3 is 2.45 bits per heavy atom. The van der Waals surface area contributed by atoms with Crippen molar-refractivity contribution in [3.05, 3.63) is 65.2 Å². The van der Waals surface area contributed by atoms with Crippen LogP contribution in [0, 0.1) is 11.6 Å². The number of ether oxygens (including phenoxy) is 1. The van der Waals surface area contributed by atoms with Crippen LogP contribution in [-0.2, 0) is 0 Å². The largest absolute Gasteiger partial charge is 0.497 e. The molecule has 2 aromatic rings. The van der Waals surface area contributed by atoms with Crippen LogP contribution in [0.4, 0.5) is 8.78 Å². The molecule has 0 radical (unpaired) electrons. The lowest BCUT2D eigenvalue weighted by molar-refractivity contribution is 0.170. The molecule has 2 atom stereocenters. The van der Waals surface area contributed by atoms with Crippen LogP contribution < -0.4 is 10.1 Å². The number of rotatable bonds is 6. The molecule has 0 aromatic heterocycles. The van der Waals surface area contributed by atoms with Gasteiger partial charge in [0.05, 0.1) is 13.2 Å². The molecule has 2 N–H and O–H groups in total. The molecule has 5 heteroatoms. The molecule has 0 amide bonds. The Balaban J connectivity index is 1.97. The molecule has 0 aliphatic carbocycles. The molecule has 2 aromatic carbocycles. The number of nitrogens with one attached hydrogen (secondary N) is 1. The van der Waals surface area contributed by atoms with Gasteiger partial charge < -0.3 is 15.2 Å². The van der Waals surface area contributed by atoms with Crippen molar-refractivity contribution in [3.63, 3.8) is 0 Å². The van der Waals surface area contributed by atoms with E-state index < -0.39 is 23.8 Å². The van der Waals surface area contributed by atoms with E-state index in [0.717, 1.165) is 23.8 Å². The van der Waals surface area contributed by atoms with E-state index in [-0.39, 0.29) is 12.1 Å². The second-order valence-corrected chi connectivity index (χ2v) is 5.08. The molecule has 0 bridgehead atoms. The summed E-state index contributed by atoms with van der Waals surface area (Å²) in [6.45, 7) is 1.95. The molecule has 0 saturated heterocycles. The van der Waals surface area contributed by atoms with Gasteiger partial charge in [-0.1, -0.05) is 12.1 Å². The fourth-order valence-electron chi connectivity index (χ4n) is 2.19. The Kier molecular flexibility index (Phi) is 5.46. The Bertz CT molecular complexity index is 617. The predicted molar refractivity (Wildman–Crippen MR) is 80.7 cm³/mol. The topological polar surface area (TPSA) is 41.5 Å². The molecule has 2 unspecified atom stereocenters. The van der Waals surface area contributed by atoms with Crippen molar-refractivity contribution in [2.75, 3.05) is 13.7 Å². The molecule has 22 heavy (non-hydrogen) atoms. The maximum atomic E-state index is 13.7. The first kappa shape index (κ1) is 16.4. The molecule has 2 rings (SSSR count). The summed E-state index contributed by atoms with van der Waals surface area (Å²) < 4.78 is 31.9. The van der Waals surface area contributed by atoms with Gasteiger partial charge >= 0.3 is 0 Å². The Labute approximate surface area is 128 Å². The standard InChI is InChI=1S/C17H19F2NO2/c1-11(15-9-13(18)5-8-16(15)19)20-10-17(21)12-3-6-14(22-2)7-4-12/h3-9,11,17,20-21H,10H2,1-2H3. The predicted octanol–water partition coefficient (Wildman–Crippen LogP) is 3.36. The molecular weight excluding hydrogens is 288 g/mol. The molecule has 0 heterocycles. The first-order valence-electron chi connectivity index (χ1n) is 7.01. The van der Waals surface area contributed by atoms with E-state index in [0.29, 0.717) is 5.75 Å². The van der Waals surface area contributed by atoms with Crippen LogP contribution >= 0.6 is 0 Å². The highest BCUT2D eigenvalue weighted by Crippen LogP contribution is 2.20. The van der Waals surface area contributed by atoms with Crippen LogP contribution in [0.1, 0.15) is 30.2 Å². The van der Waals surface area contributed by atoms with Crippen molar-refractivity contribution in [3.8, 4) is 5.75 Å². The fourth-order valence-corrected chi connectivity index (χ4v) is 2.19. The van der Waals surface area contributed by atoms with E-state index in [1.54, 1.807) is 38.3 Å². The number of methoxy groups -OCH3 is 1. The average molecular weight is 307 g/mol. The van der Waals surface area contributed by atoms with E-state index in [2.05, 4.69) is 5.32 Å². The van der Waals surface area contributed by atoms with E-state index in [1.165, 1.54) is 0 Å². The van der Waals surface area contributed by atoms with Crippen molar-refractivity contribution < 1.29 is 18.6 Å². The van der Waals surface area contributed by atoms with E-state index in [4.69, 9.17) is 4.74 Å². The summed E-state index contributed by atoms with van der Waals surface area (Å²) in [5.74, 6) is -0.250. The minimum Gasteiger partial charge on any atom is -0.497 e. The molecule has 0 spiro atoms. The van der Waals surface area contributed by atoms with Crippen molar-refractivity contribution in [2.45, 2.75) is 19.1 Å². The van der Waals surface area contributed by atoms with Crippen molar-refractivity contribution >= 4 is 0 Å². The molecule has 0 aliphatic rings. The lowest BCUT2D eigenvalue weighted by Crippen LogP contribution is -2.25. The third-order valence-corrected chi connectivity index (χ3v) is 3.54. The molecule has 0 saturated carbocycles. The van der Waals surface area contributed by atoms with Crippen LogP contribution in [0.3, 0.4) is 0 Å². The van der Waals surface area contributed by atoms with Gasteiger partial charge in [-0.25, -0.2) is 8.78 Å². The van der Waals surface area contributed by atoms with Gasteiger partial charge in [0, 0.05) is 18.2 Å². The van der Waals surface area contributed by atoms with Crippen LogP contribution in [0.5, 0.6) is 5.75 Å². The molecule has 0 fully saturated rings. The number of hydrogen-bond acceptors (Lipinski definition) is 3. The van der Waals surface area contributed by atoms with Gasteiger partial charge in [0.15, 0.2) is 0 Å². The van der Waals surface area contributed by atoms with Gasteiger partial charge in [0.1, 0.15) is 17.4 Å². The van der Waals surface area contributed by atoms with Crippen molar-refractivity contribution in [1.82, 2.24) is 5.32 Å². The van der Waals surface area contributed by atoms with E-state index in [1.807, 2.05) is 0 Å². The average Bonchev–Trinajstić information content (AvgIpc) is 2.54. The number of hydrogen-bond donors (Lipinski definition) is 2. The summed E-state index contributed by atoms with van der Waals surface area (Å²) in [5.41, 5.74) is 0.960. The summed E-state index contributed by atoms with van der Waals surface area (Å²) in [5, 5.41) is 13.1. The van der Waals surface area contributed by atoms with Gasteiger partial charge in [0.25, 0.3) is 0 Å². The Morgan fingerprint density at radius 1 is 1.14 bits per heavy atom. The van der Waals surface area contributed by atoms with Gasteiger partial charge in [-0.15, -0.1) is 0 Å². The Hall–Kier alpha value is -1.98. The third-order valence-electron chi connectivity index (χ3n) is 3.54. The SMILES string of the molecule is COc1ccc(C(O)CNC(C)c2cc(F)ccc2F)cc1. The van der Waals surface area contributed by atoms with Crippen LogP contribution in [-0.4, -0.2) is 18.8 Å². The highest BCUT2D eigenvalue weighted by molar-refractivity contribution is 5.28. The highest BCUT2D eigenvalue weighted by Gasteiger charge is 2.14. The van der Waals surface area contributed by atoms with Crippen LogP contribution in [0.2, 0.25) is 0 Å². The van der Waals surface area contributed by atoms with Crippen LogP contribution in [0.25, 0.3) is 0 Å². The summed E-state index contributed by atoms with van der Waals surface area (Å²) in [6, 6.07) is 9.97. The van der Waals surface area contributed by atoms with Gasteiger partial charge in [-0.3, -0.25) is 0 Å². The fraction of sp³-hybridized carbons (Fsp3) is 0.294. The quantitative estimate of drug-likeness (QED) is 0.860. The van der Waals surface area contributed by atoms with Crippen LogP contribution in [0.15, 0.2) is 42.5 Å². The lowest BCUT2D eigenvalue weighted by atomic mass is 10.1. The monoisotopic (exact) mass is 307 g/mol. The first-order valence-corrected chi connectivity index (χ1v) is 7.01. The summed E-state index contributed by atoms with van der Waals surface area (Å²) >= 11 is 0. The highest BCUT2D eigenvalue weighted by atomic mass is 19.1.